The number of carbonyl (C=O) groups is 3. The fraction of sp³-hybridized carbons (Fsp3) is 0.281. The van der Waals surface area contributed by atoms with E-state index in [9.17, 15) is 14.4 Å². The molecule has 1 saturated carbocycles. The number of aromatic amines is 1. The lowest BCUT2D eigenvalue weighted by Crippen LogP contribution is -2.48. The summed E-state index contributed by atoms with van der Waals surface area (Å²) in [5.41, 5.74) is 2.77. The Morgan fingerprint density at radius 2 is 1.65 bits per heavy atom. The van der Waals surface area contributed by atoms with Gasteiger partial charge in [0.05, 0.1) is 6.42 Å². The number of amides is 3. The number of anilines is 2. The van der Waals surface area contributed by atoms with Crippen molar-refractivity contribution in [3.05, 3.63) is 95.9 Å². The van der Waals surface area contributed by atoms with Crippen LogP contribution in [0.3, 0.4) is 0 Å². The van der Waals surface area contributed by atoms with Crippen molar-refractivity contribution in [3.63, 3.8) is 0 Å². The van der Waals surface area contributed by atoms with Gasteiger partial charge in [-0.05, 0) is 54.8 Å². The lowest BCUT2D eigenvalue weighted by Gasteiger charge is -2.33. The molecule has 1 aromatic heterocycles. The Labute approximate surface area is 232 Å². The third-order valence-electron chi connectivity index (χ3n) is 7.41. The van der Waals surface area contributed by atoms with Crippen molar-refractivity contribution in [2.45, 2.75) is 57.5 Å². The van der Waals surface area contributed by atoms with Crippen LogP contribution >= 0.6 is 0 Å². The predicted molar refractivity (Wildman–Crippen MR) is 154 cm³/mol. The van der Waals surface area contributed by atoms with E-state index in [-0.39, 0.29) is 29.8 Å². The quantitative estimate of drug-likeness (QED) is 0.255. The minimum absolute atomic E-state index is 0.000871. The van der Waals surface area contributed by atoms with Crippen molar-refractivity contribution in [1.29, 1.82) is 0 Å². The second-order valence-corrected chi connectivity index (χ2v) is 10.3. The maximum absolute atomic E-state index is 15.3. The fourth-order valence-electron chi connectivity index (χ4n) is 5.49. The molecule has 4 aromatic rings. The van der Waals surface area contributed by atoms with Crippen LogP contribution in [-0.2, 0) is 20.8 Å². The second kappa shape index (κ2) is 12.2. The standard InChI is InChI=1S/C32H33FN4O3/c1-21(38)35-24-15-17-25(18-16-24)37(30(39)19-22-20-34-29-14-8-6-11-26(22)29)31(27-12-5-7-13-28(27)33)32(40)36-23-9-3-2-4-10-23/h5-8,11-18,20,23,31,34H,2-4,9-10,19H2,1H3,(H,35,38)(H,36,40)/t31-/m1/s1. The highest BCUT2D eigenvalue weighted by atomic mass is 19.1. The van der Waals surface area contributed by atoms with Crippen LogP contribution in [0.4, 0.5) is 15.8 Å². The van der Waals surface area contributed by atoms with Gasteiger partial charge in [0, 0.05) is 47.0 Å². The lowest BCUT2D eigenvalue weighted by atomic mass is 9.94. The first kappa shape index (κ1) is 27.1. The molecule has 0 spiro atoms. The Bertz CT molecular complexity index is 1510. The van der Waals surface area contributed by atoms with Crippen LogP contribution < -0.4 is 15.5 Å². The third-order valence-corrected chi connectivity index (χ3v) is 7.41. The number of halogens is 1. The average molecular weight is 541 g/mol. The first-order valence-electron chi connectivity index (χ1n) is 13.7. The van der Waals surface area contributed by atoms with Crippen molar-refractivity contribution in [2.75, 3.05) is 10.2 Å². The zero-order chi connectivity index (χ0) is 28.1. The van der Waals surface area contributed by atoms with E-state index in [4.69, 9.17) is 0 Å². The van der Waals surface area contributed by atoms with E-state index in [2.05, 4.69) is 15.6 Å². The van der Waals surface area contributed by atoms with Gasteiger partial charge >= 0.3 is 0 Å². The van der Waals surface area contributed by atoms with E-state index in [1.165, 1.54) is 17.9 Å². The second-order valence-electron chi connectivity index (χ2n) is 10.3. The molecular formula is C32H33FN4O3. The SMILES string of the molecule is CC(=O)Nc1ccc(N(C(=O)Cc2c[nH]c3ccccc23)[C@@H](C(=O)NC2CCCCC2)c2ccccc2F)cc1. The maximum atomic E-state index is 15.3. The van der Waals surface area contributed by atoms with E-state index in [0.29, 0.717) is 11.4 Å². The normalized spacial score (nSPS) is 14.4. The summed E-state index contributed by atoms with van der Waals surface area (Å²) in [6, 6.07) is 19.2. The van der Waals surface area contributed by atoms with Crippen LogP contribution in [0.25, 0.3) is 10.9 Å². The fourth-order valence-corrected chi connectivity index (χ4v) is 5.49. The predicted octanol–water partition coefficient (Wildman–Crippen LogP) is 6.03. The van der Waals surface area contributed by atoms with Crippen LogP contribution in [0, 0.1) is 5.82 Å². The number of rotatable bonds is 8. The number of hydrogen-bond donors (Lipinski definition) is 3. The summed E-state index contributed by atoms with van der Waals surface area (Å²) in [4.78, 5) is 44.3. The molecule has 0 saturated heterocycles. The molecule has 0 radical (unpaired) electrons. The molecule has 1 aliphatic rings. The zero-order valence-corrected chi connectivity index (χ0v) is 22.5. The number of benzene rings is 3. The molecule has 0 unspecified atom stereocenters. The molecule has 1 atom stereocenters. The van der Waals surface area contributed by atoms with Gasteiger partial charge in [0.15, 0.2) is 0 Å². The Hall–Kier alpha value is -4.46. The highest BCUT2D eigenvalue weighted by molar-refractivity contribution is 6.03. The van der Waals surface area contributed by atoms with Gasteiger partial charge in [0.25, 0.3) is 0 Å². The molecule has 1 fully saturated rings. The number of carbonyl (C=O) groups excluding carboxylic acids is 3. The molecule has 40 heavy (non-hydrogen) atoms. The summed E-state index contributed by atoms with van der Waals surface area (Å²) in [6.45, 7) is 1.41. The van der Waals surface area contributed by atoms with Crippen molar-refractivity contribution < 1.29 is 18.8 Å². The topological polar surface area (TPSA) is 94.3 Å². The van der Waals surface area contributed by atoms with Gasteiger partial charge in [-0.25, -0.2) is 4.39 Å². The van der Waals surface area contributed by atoms with Gasteiger partial charge in [-0.2, -0.15) is 0 Å². The smallest absolute Gasteiger partial charge is 0.248 e. The Balaban J connectivity index is 1.57. The monoisotopic (exact) mass is 540 g/mol. The number of aromatic nitrogens is 1. The Kier molecular flexibility index (Phi) is 8.24. The van der Waals surface area contributed by atoms with Gasteiger partial charge in [0.2, 0.25) is 17.7 Å². The van der Waals surface area contributed by atoms with E-state index < -0.39 is 17.8 Å². The summed E-state index contributed by atoms with van der Waals surface area (Å²) in [6.07, 6.45) is 6.65. The number of fused-ring (bicyclic) bond motifs is 1. The molecule has 1 heterocycles. The minimum atomic E-state index is -1.23. The van der Waals surface area contributed by atoms with Crippen molar-refractivity contribution in [3.8, 4) is 0 Å². The minimum Gasteiger partial charge on any atom is -0.361 e. The number of para-hydroxylation sites is 1. The summed E-state index contributed by atoms with van der Waals surface area (Å²) < 4.78 is 15.3. The molecular weight excluding hydrogens is 507 g/mol. The number of H-pyrrole nitrogens is 1. The van der Waals surface area contributed by atoms with E-state index in [1.54, 1.807) is 48.7 Å². The number of hydrogen-bond acceptors (Lipinski definition) is 3. The molecule has 3 N–H and O–H groups in total. The largest absolute Gasteiger partial charge is 0.361 e. The van der Waals surface area contributed by atoms with E-state index >= 15 is 4.39 Å². The molecule has 8 heteroatoms. The highest BCUT2D eigenvalue weighted by Crippen LogP contribution is 2.32. The van der Waals surface area contributed by atoms with Gasteiger partial charge in [-0.3, -0.25) is 19.3 Å². The van der Waals surface area contributed by atoms with Gasteiger partial charge in [0.1, 0.15) is 11.9 Å². The van der Waals surface area contributed by atoms with Gasteiger partial charge in [-0.1, -0.05) is 55.7 Å². The summed E-state index contributed by atoms with van der Waals surface area (Å²) in [5.74, 6) is -1.57. The summed E-state index contributed by atoms with van der Waals surface area (Å²) in [7, 11) is 0. The number of nitrogens with one attached hydrogen (secondary N) is 3. The van der Waals surface area contributed by atoms with Gasteiger partial charge < -0.3 is 15.6 Å². The first-order chi connectivity index (χ1) is 19.4. The zero-order valence-electron chi connectivity index (χ0n) is 22.5. The average Bonchev–Trinajstić information content (AvgIpc) is 3.35. The molecule has 7 nitrogen and oxygen atoms in total. The molecule has 206 valence electrons. The van der Waals surface area contributed by atoms with Crippen LogP contribution in [0.1, 0.15) is 56.2 Å². The van der Waals surface area contributed by atoms with E-state index in [1.807, 2.05) is 24.3 Å². The maximum Gasteiger partial charge on any atom is 0.248 e. The lowest BCUT2D eigenvalue weighted by molar-refractivity contribution is -0.127. The molecule has 5 rings (SSSR count). The Morgan fingerprint density at radius 3 is 2.38 bits per heavy atom. The van der Waals surface area contributed by atoms with Crippen molar-refractivity contribution >= 4 is 40.0 Å². The Morgan fingerprint density at radius 1 is 0.950 bits per heavy atom. The summed E-state index contributed by atoms with van der Waals surface area (Å²) >= 11 is 0. The van der Waals surface area contributed by atoms with Crippen LogP contribution in [0.2, 0.25) is 0 Å². The summed E-state index contributed by atoms with van der Waals surface area (Å²) in [5, 5.41) is 6.74. The molecule has 0 aliphatic heterocycles. The molecule has 0 bridgehead atoms. The van der Waals surface area contributed by atoms with Crippen LogP contribution in [0.5, 0.6) is 0 Å². The third kappa shape index (κ3) is 6.06. The van der Waals surface area contributed by atoms with Crippen LogP contribution in [0.15, 0.2) is 79.0 Å². The highest BCUT2D eigenvalue weighted by Gasteiger charge is 2.36. The van der Waals surface area contributed by atoms with E-state index in [0.717, 1.165) is 48.6 Å². The number of nitrogens with zero attached hydrogens (tertiary/aromatic N) is 1. The molecule has 3 amide bonds. The van der Waals surface area contributed by atoms with Crippen LogP contribution in [-0.4, -0.2) is 28.7 Å². The molecule has 3 aromatic carbocycles. The van der Waals surface area contributed by atoms with Crippen molar-refractivity contribution in [2.24, 2.45) is 0 Å². The van der Waals surface area contributed by atoms with Crippen molar-refractivity contribution in [1.82, 2.24) is 10.3 Å². The first-order valence-corrected chi connectivity index (χ1v) is 13.7. The molecule has 1 aliphatic carbocycles. The van der Waals surface area contributed by atoms with Gasteiger partial charge in [-0.15, -0.1) is 0 Å².